The predicted octanol–water partition coefficient (Wildman–Crippen LogP) is 2.11. The first-order valence-corrected chi connectivity index (χ1v) is 8.42. The van der Waals surface area contributed by atoms with Crippen molar-refractivity contribution in [2.75, 3.05) is 7.05 Å². The Morgan fingerprint density at radius 1 is 1.48 bits per heavy atom. The molecule has 2 heterocycles. The second-order valence-electron chi connectivity index (χ2n) is 6.20. The molecule has 0 spiro atoms. The molecule has 3 N–H and O–H groups in total. The van der Waals surface area contributed by atoms with Crippen LogP contribution in [0.15, 0.2) is 48.2 Å². The Labute approximate surface area is 147 Å². The maximum atomic E-state index is 11.6. The second kappa shape index (κ2) is 7.42. The fraction of sp³-hybridized carbons (Fsp3) is 0.368. The number of nitrogens with zero attached hydrogens (tertiary/aromatic N) is 1. The number of carbonyl (C=O) groups excluding carboxylic acids is 1. The van der Waals surface area contributed by atoms with Gasteiger partial charge in [0.1, 0.15) is 17.6 Å². The Balaban J connectivity index is 1.81. The Morgan fingerprint density at radius 2 is 2.32 bits per heavy atom. The Kier molecular flexibility index (Phi) is 5.07. The van der Waals surface area contributed by atoms with Crippen LogP contribution in [0.3, 0.4) is 0 Å². The number of nitrogens with one attached hydrogen (secondary N) is 1. The lowest BCUT2D eigenvalue weighted by Crippen LogP contribution is -2.18. The van der Waals surface area contributed by atoms with Crippen LogP contribution >= 0.6 is 0 Å². The molecule has 0 bridgehead atoms. The first kappa shape index (κ1) is 17.1. The number of hydrogen-bond acceptors (Lipinski definition) is 5. The van der Waals surface area contributed by atoms with Crippen molar-refractivity contribution < 1.29 is 14.3 Å². The SMILES string of the molecule is CNC(=O)CCc1c(OC2=C/C=C(\N)O[C@@H]3C[C@@H]3C=C2)ccnc1C. The van der Waals surface area contributed by atoms with Crippen molar-refractivity contribution in [3.63, 3.8) is 0 Å². The van der Waals surface area contributed by atoms with E-state index in [4.69, 9.17) is 15.2 Å². The van der Waals surface area contributed by atoms with Crippen LogP contribution in [0.25, 0.3) is 0 Å². The first-order chi connectivity index (χ1) is 12.1. The summed E-state index contributed by atoms with van der Waals surface area (Å²) in [4.78, 5) is 15.9. The van der Waals surface area contributed by atoms with Gasteiger partial charge >= 0.3 is 0 Å². The number of pyridine rings is 1. The number of fused-ring (bicyclic) bond motifs is 1. The standard InChI is InChI=1S/C19H23N3O3/c1-12-15(6-8-19(23)21-2)16(9-10-22-12)24-14-4-3-13-11-17(13)25-18(20)7-5-14/h3-5,7,9-10,13,17H,6,8,11,20H2,1-2H3,(H,21,23)/b4-3?,14-5?,18-7+/t13-,17+/m0/s1. The molecule has 2 atom stereocenters. The maximum absolute atomic E-state index is 11.6. The first-order valence-electron chi connectivity index (χ1n) is 8.42. The molecule has 1 aromatic heterocycles. The average Bonchev–Trinajstić information content (AvgIpc) is 3.32. The van der Waals surface area contributed by atoms with E-state index in [0.717, 1.165) is 17.7 Å². The summed E-state index contributed by atoms with van der Waals surface area (Å²) in [7, 11) is 1.63. The van der Waals surface area contributed by atoms with Gasteiger partial charge in [0.15, 0.2) is 5.88 Å². The molecule has 1 fully saturated rings. The van der Waals surface area contributed by atoms with Gasteiger partial charge in [0.05, 0.1) is 0 Å². The van der Waals surface area contributed by atoms with Crippen LogP contribution in [0.1, 0.15) is 24.1 Å². The normalized spacial score (nSPS) is 23.6. The van der Waals surface area contributed by atoms with Gasteiger partial charge in [-0.2, -0.15) is 0 Å². The van der Waals surface area contributed by atoms with E-state index in [9.17, 15) is 4.79 Å². The number of nitrogens with two attached hydrogens (primary N) is 1. The van der Waals surface area contributed by atoms with Gasteiger partial charge in [0, 0.05) is 42.9 Å². The van der Waals surface area contributed by atoms with Crippen LogP contribution < -0.4 is 15.8 Å². The van der Waals surface area contributed by atoms with E-state index in [-0.39, 0.29) is 12.0 Å². The zero-order valence-corrected chi connectivity index (χ0v) is 14.5. The minimum absolute atomic E-state index is 0.0108. The minimum Gasteiger partial charge on any atom is -0.475 e. The molecular weight excluding hydrogens is 318 g/mol. The lowest BCUT2D eigenvalue weighted by molar-refractivity contribution is -0.120. The zero-order chi connectivity index (χ0) is 17.8. The molecular formula is C19H23N3O3. The molecule has 1 saturated carbocycles. The van der Waals surface area contributed by atoms with Gasteiger partial charge in [-0.1, -0.05) is 6.08 Å². The van der Waals surface area contributed by atoms with Crippen LogP contribution in [0, 0.1) is 12.8 Å². The largest absolute Gasteiger partial charge is 0.475 e. The van der Waals surface area contributed by atoms with E-state index in [0.29, 0.717) is 36.2 Å². The summed E-state index contributed by atoms with van der Waals surface area (Å²) in [6.07, 6.45) is 11.3. The molecule has 0 aromatic carbocycles. The van der Waals surface area contributed by atoms with E-state index in [1.165, 1.54) is 0 Å². The minimum atomic E-state index is -0.0108. The lowest BCUT2D eigenvalue weighted by atomic mass is 10.1. The van der Waals surface area contributed by atoms with Crippen molar-refractivity contribution in [2.45, 2.75) is 32.3 Å². The summed E-state index contributed by atoms with van der Waals surface area (Å²) in [6.45, 7) is 1.92. The molecule has 2 aliphatic rings. The summed E-state index contributed by atoms with van der Waals surface area (Å²) >= 11 is 0. The summed E-state index contributed by atoms with van der Waals surface area (Å²) in [5, 5.41) is 2.63. The van der Waals surface area contributed by atoms with Gasteiger partial charge < -0.3 is 20.5 Å². The van der Waals surface area contributed by atoms with E-state index in [2.05, 4.69) is 16.4 Å². The van der Waals surface area contributed by atoms with Gasteiger partial charge in [-0.05, 0) is 38.0 Å². The summed E-state index contributed by atoms with van der Waals surface area (Å²) in [6, 6.07) is 1.82. The summed E-state index contributed by atoms with van der Waals surface area (Å²) in [5.41, 5.74) is 7.64. The third kappa shape index (κ3) is 4.41. The number of amides is 1. The van der Waals surface area contributed by atoms with Crippen LogP contribution in [-0.2, 0) is 16.0 Å². The van der Waals surface area contributed by atoms with Crippen molar-refractivity contribution in [3.8, 4) is 5.75 Å². The number of ether oxygens (including phenoxy) is 2. The van der Waals surface area contributed by atoms with E-state index in [1.807, 2.05) is 19.1 Å². The maximum Gasteiger partial charge on any atom is 0.220 e. The molecule has 0 radical (unpaired) electrons. The van der Waals surface area contributed by atoms with Crippen molar-refractivity contribution in [3.05, 3.63) is 59.5 Å². The smallest absolute Gasteiger partial charge is 0.220 e. The van der Waals surface area contributed by atoms with Crippen LogP contribution in [0.2, 0.25) is 0 Å². The van der Waals surface area contributed by atoms with Crippen LogP contribution in [-0.4, -0.2) is 24.0 Å². The second-order valence-corrected chi connectivity index (χ2v) is 6.20. The van der Waals surface area contributed by atoms with Gasteiger partial charge in [-0.25, -0.2) is 0 Å². The number of rotatable bonds is 5. The molecule has 3 rings (SSSR count). The Bertz CT molecular complexity index is 752. The number of hydrogen-bond donors (Lipinski definition) is 2. The molecule has 132 valence electrons. The monoisotopic (exact) mass is 341 g/mol. The summed E-state index contributed by atoms with van der Waals surface area (Å²) < 4.78 is 11.7. The third-order valence-electron chi connectivity index (χ3n) is 4.32. The average molecular weight is 341 g/mol. The third-order valence-corrected chi connectivity index (χ3v) is 4.32. The topological polar surface area (TPSA) is 86.5 Å². The molecule has 0 saturated heterocycles. The van der Waals surface area contributed by atoms with Crippen LogP contribution in [0.5, 0.6) is 5.75 Å². The lowest BCUT2D eigenvalue weighted by Gasteiger charge is -2.13. The number of aryl methyl sites for hydroxylation is 1. The highest BCUT2D eigenvalue weighted by atomic mass is 16.5. The molecule has 6 heteroatoms. The Morgan fingerprint density at radius 3 is 3.12 bits per heavy atom. The Hall–Kier alpha value is -2.76. The van der Waals surface area contributed by atoms with Gasteiger partial charge in [0.25, 0.3) is 0 Å². The number of aromatic nitrogens is 1. The fourth-order valence-corrected chi connectivity index (χ4v) is 2.71. The zero-order valence-electron chi connectivity index (χ0n) is 14.5. The van der Waals surface area contributed by atoms with Gasteiger partial charge in [0.2, 0.25) is 5.91 Å². The number of allylic oxidation sites excluding steroid dienone is 3. The molecule has 1 aliphatic heterocycles. The highest BCUT2D eigenvalue weighted by Crippen LogP contribution is 2.37. The quantitative estimate of drug-likeness (QED) is 0.856. The van der Waals surface area contributed by atoms with Crippen molar-refractivity contribution >= 4 is 5.91 Å². The van der Waals surface area contributed by atoms with Crippen molar-refractivity contribution in [2.24, 2.45) is 11.7 Å². The summed E-state index contributed by atoms with van der Waals surface area (Å²) in [5.74, 6) is 2.13. The fourth-order valence-electron chi connectivity index (χ4n) is 2.71. The van der Waals surface area contributed by atoms with Gasteiger partial charge in [-0.3, -0.25) is 9.78 Å². The van der Waals surface area contributed by atoms with Crippen LogP contribution in [0.4, 0.5) is 0 Å². The van der Waals surface area contributed by atoms with Crippen molar-refractivity contribution in [1.29, 1.82) is 0 Å². The molecule has 25 heavy (non-hydrogen) atoms. The number of carbonyl (C=O) groups is 1. The molecule has 0 unspecified atom stereocenters. The molecule has 6 nitrogen and oxygen atoms in total. The highest BCUT2D eigenvalue weighted by molar-refractivity contribution is 5.75. The highest BCUT2D eigenvalue weighted by Gasteiger charge is 2.37. The molecule has 1 aliphatic carbocycles. The van der Waals surface area contributed by atoms with Gasteiger partial charge in [-0.15, -0.1) is 0 Å². The predicted molar refractivity (Wildman–Crippen MR) is 94.5 cm³/mol. The van der Waals surface area contributed by atoms with Crippen molar-refractivity contribution in [1.82, 2.24) is 10.3 Å². The van der Waals surface area contributed by atoms with E-state index >= 15 is 0 Å². The molecule has 1 amide bonds. The molecule has 1 aromatic rings. The van der Waals surface area contributed by atoms with E-state index < -0.39 is 0 Å². The van der Waals surface area contributed by atoms with E-state index in [1.54, 1.807) is 25.4 Å².